The van der Waals surface area contributed by atoms with Crippen molar-refractivity contribution in [1.29, 1.82) is 0 Å². The standard InChI is InChI=1S/C16H27N5O3S/c1-13-12-15(18-17-13)16(22)20-8-10-21(11-9-20)25(23,24)19(2)14-6-4-3-5-7-14/h12,14H,3-11H2,1-2H3,(H,17,18). The molecule has 0 bridgehead atoms. The van der Waals surface area contributed by atoms with Gasteiger partial charge >= 0.3 is 0 Å². The molecule has 1 aliphatic carbocycles. The Labute approximate surface area is 149 Å². The topological polar surface area (TPSA) is 89.6 Å². The summed E-state index contributed by atoms with van der Waals surface area (Å²) in [6.07, 6.45) is 5.25. The lowest BCUT2D eigenvalue weighted by Gasteiger charge is -2.38. The van der Waals surface area contributed by atoms with Crippen LogP contribution < -0.4 is 0 Å². The van der Waals surface area contributed by atoms with Gasteiger partial charge in [-0.2, -0.15) is 22.1 Å². The van der Waals surface area contributed by atoms with Crippen molar-refractivity contribution >= 4 is 16.1 Å². The van der Waals surface area contributed by atoms with Crippen molar-refractivity contribution in [3.8, 4) is 0 Å². The SMILES string of the molecule is Cc1cc(C(=O)N2CCN(S(=O)(=O)N(C)C3CCCCC3)CC2)n[nH]1. The van der Waals surface area contributed by atoms with Gasteiger partial charge in [-0.1, -0.05) is 19.3 Å². The van der Waals surface area contributed by atoms with Gasteiger partial charge in [0.1, 0.15) is 5.69 Å². The molecular formula is C16H27N5O3S. The van der Waals surface area contributed by atoms with Crippen molar-refractivity contribution in [2.24, 2.45) is 0 Å². The molecule has 140 valence electrons. The minimum Gasteiger partial charge on any atom is -0.335 e. The Morgan fingerprint density at radius 3 is 2.40 bits per heavy atom. The highest BCUT2D eigenvalue weighted by Crippen LogP contribution is 2.25. The average Bonchev–Trinajstić information content (AvgIpc) is 3.07. The van der Waals surface area contributed by atoms with Gasteiger partial charge in [0.25, 0.3) is 16.1 Å². The second-order valence-electron chi connectivity index (χ2n) is 6.94. The molecule has 3 rings (SSSR count). The molecule has 2 aliphatic rings. The van der Waals surface area contributed by atoms with Crippen LogP contribution in [0.2, 0.25) is 0 Å². The van der Waals surface area contributed by atoms with E-state index >= 15 is 0 Å². The molecule has 8 nitrogen and oxygen atoms in total. The third kappa shape index (κ3) is 3.88. The predicted molar refractivity (Wildman–Crippen MR) is 94.4 cm³/mol. The first-order chi connectivity index (χ1) is 11.9. The molecule has 0 spiro atoms. The number of aromatic nitrogens is 2. The molecule has 2 heterocycles. The Hall–Kier alpha value is -1.45. The van der Waals surface area contributed by atoms with Gasteiger partial charge in [0.2, 0.25) is 0 Å². The first-order valence-electron chi connectivity index (χ1n) is 8.94. The first-order valence-corrected chi connectivity index (χ1v) is 10.3. The number of hydrogen-bond donors (Lipinski definition) is 1. The van der Waals surface area contributed by atoms with Crippen LogP contribution in [0.5, 0.6) is 0 Å². The van der Waals surface area contributed by atoms with Crippen LogP contribution in [0, 0.1) is 6.92 Å². The fourth-order valence-electron chi connectivity index (χ4n) is 3.63. The van der Waals surface area contributed by atoms with Crippen LogP contribution >= 0.6 is 0 Å². The first kappa shape index (κ1) is 18.3. The van der Waals surface area contributed by atoms with Crippen LogP contribution in [0.4, 0.5) is 0 Å². The van der Waals surface area contributed by atoms with Crippen molar-refractivity contribution in [2.75, 3.05) is 33.2 Å². The van der Waals surface area contributed by atoms with E-state index in [1.807, 2.05) is 6.92 Å². The summed E-state index contributed by atoms with van der Waals surface area (Å²) >= 11 is 0. The number of H-pyrrole nitrogens is 1. The maximum atomic E-state index is 12.9. The largest absolute Gasteiger partial charge is 0.335 e. The van der Waals surface area contributed by atoms with Crippen LogP contribution in [0.15, 0.2) is 6.07 Å². The van der Waals surface area contributed by atoms with Crippen molar-refractivity contribution in [3.63, 3.8) is 0 Å². The molecule has 1 aromatic heterocycles. The molecule has 0 unspecified atom stereocenters. The monoisotopic (exact) mass is 369 g/mol. The van der Waals surface area contributed by atoms with E-state index in [1.54, 1.807) is 22.3 Å². The summed E-state index contributed by atoms with van der Waals surface area (Å²) in [5, 5.41) is 6.75. The molecule has 1 saturated heterocycles. The normalized spacial score (nSPS) is 21.0. The quantitative estimate of drug-likeness (QED) is 0.857. The average molecular weight is 369 g/mol. The van der Waals surface area contributed by atoms with E-state index in [4.69, 9.17) is 0 Å². The summed E-state index contributed by atoms with van der Waals surface area (Å²) in [4.78, 5) is 14.1. The Kier molecular flexibility index (Phi) is 5.45. The zero-order valence-corrected chi connectivity index (χ0v) is 15.8. The number of aryl methyl sites for hydroxylation is 1. The number of amides is 1. The minimum absolute atomic E-state index is 0.102. The lowest BCUT2D eigenvalue weighted by molar-refractivity contribution is 0.0687. The number of aromatic amines is 1. The fourth-order valence-corrected chi connectivity index (χ4v) is 5.20. The van der Waals surface area contributed by atoms with Crippen LogP contribution in [0.1, 0.15) is 48.3 Å². The van der Waals surface area contributed by atoms with Crippen molar-refractivity contribution in [1.82, 2.24) is 23.7 Å². The van der Waals surface area contributed by atoms with E-state index in [0.29, 0.717) is 31.9 Å². The molecule has 1 N–H and O–H groups in total. The second kappa shape index (κ2) is 7.43. The van der Waals surface area contributed by atoms with E-state index < -0.39 is 10.2 Å². The van der Waals surface area contributed by atoms with Crippen molar-refractivity contribution < 1.29 is 13.2 Å². The van der Waals surface area contributed by atoms with Crippen LogP contribution in [0.3, 0.4) is 0 Å². The maximum Gasteiger partial charge on any atom is 0.282 e. The number of rotatable bonds is 4. The van der Waals surface area contributed by atoms with Crippen LogP contribution in [0.25, 0.3) is 0 Å². The number of hydrogen-bond acceptors (Lipinski definition) is 4. The third-order valence-electron chi connectivity index (χ3n) is 5.23. The molecule has 25 heavy (non-hydrogen) atoms. The summed E-state index contributed by atoms with van der Waals surface area (Å²) in [7, 11) is -1.77. The molecule has 2 fully saturated rings. The number of nitrogens with one attached hydrogen (secondary N) is 1. The van der Waals surface area contributed by atoms with Gasteiger partial charge in [-0.3, -0.25) is 9.89 Å². The fraction of sp³-hybridized carbons (Fsp3) is 0.750. The van der Waals surface area contributed by atoms with Gasteiger partial charge in [-0.15, -0.1) is 0 Å². The van der Waals surface area contributed by atoms with Gasteiger partial charge in [0, 0.05) is 45.0 Å². The smallest absolute Gasteiger partial charge is 0.282 e. The Bertz CT molecular complexity index is 703. The summed E-state index contributed by atoms with van der Waals surface area (Å²) in [6, 6.07) is 1.81. The molecule has 0 aromatic carbocycles. The molecule has 9 heteroatoms. The maximum absolute atomic E-state index is 12.9. The van der Waals surface area contributed by atoms with Crippen LogP contribution in [-0.4, -0.2) is 77.3 Å². The molecule has 0 radical (unpaired) electrons. The Balaban J connectivity index is 1.60. The molecule has 0 atom stereocenters. The lowest BCUT2D eigenvalue weighted by Crippen LogP contribution is -2.55. The molecule has 1 aliphatic heterocycles. The number of carbonyl (C=O) groups excluding carboxylic acids is 1. The van der Waals surface area contributed by atoms with Gasteiger partial charge in [0.15, 0.2) is 0 Å². The summed E-state index contributed by atoms with van der Waals surface area (Å²) in [5.74, 6) is -0.151. The molecule has 1 amide bonds. The zero-order chi connectivity index (χ0) is 18.0. The van der Waals surface area contributed by atoms with Crippen molar-refractivity contribution in [2.45, 2.75) is 45.1 Å². The number of nitrogens with zero attached hydrogens (tertiary/aromatic N) is 4. The summed E-state index contributed by atoms with van der Waals surface area (Å²) in [6.45, 7) is 3.28. The van der Waals surface area contributed by atoms with Gasteiger partial charge in [0.05, 0.1) is 0 Å². The Morgan fingerprint density at radius 1 is 1.20 bits per heavy atom. The van der Waals surface area contributed by atoms with Gasteiger partial charge in [-0.25, -0.2) is 0 Å². The molecule has 1 aromatic rings. The van der Waals surface area contributed by atoms with E-state index in [0.717, 1.165) is 31.4 Å². The Morgan fingerprint density at radius 2 is 1.84 bits per heavy atom. The van der Waals surface area contributed by atoms with E-state index in [1.165, 1.54) is 10.7 Å². The zero-order valence-electron chi connectivity index (χ0n) is 14.9. The number of carbonyl (C=O) groups is 1. The van der Waals surface area contributed by atoms with E-state index in [9.17, 15) is 13.2 Å². The summed E-state index contributed by atoms with van der Waals surface area (Å²) < 4.78 is 28.8. The highest BCUT2D eigenvalue weighted by atomic mass is 32.2. The lowest BCUT2D eigenvalue weighted by atomic mass is 9.96. The number of piperazine rings is 1. The summed E-state index contributed by atoms with van der Waals surface area (Å²) in [5.41, 5.74) is 1.21. The van der Waals surface area contributed by atoms with Gasteiger partial charge < -0.3 is 4.90 Å². The molecule has 1 saturated carbocycles. The minimum atomic E-state index is -3.46. The highest BCUT2D eigenvalue weighted by molar-refractivity contribution is 7.86. The van der Waals surface area contributed by atoms with Gasteiger partial charge in [-0.05, 0) is 25.8 Å². The highest BCUT2D eigenvalue weighted by Gasteiger charge is 2.35. The predicted octanol–water partition coefficient (Wildman–Crippen LogP) is 0.985. The molecular weight excluding hydrogens is 342 g/mol. The van der Waals surface area contributed by atoms with E-state index in [2.05, 4.69) is 10.2 Å². The van der Waals surface area contributed by atoms with E-state index in [-0.39, 0.29) is 11.9 Å². The second-order valence-corrected chi connectivity index (χ2v) is 8.93. The van der Waals surface area contributed by atoms with Crippen molar-refractivity contribution in [3.05, 3.63) is 17.5 Å². The third-order valence-corrected chi connectivity index (χ3v) is 7.27. The van der Waals surface area contributed by atoms with Crippen LogP contribution in [-0.2, 0) is 10.2 Å².